The van der Waals surface area contributed by atoms with E-state index < -0.39 is 5.41 Å². The Morgan fingerprint density at radius 1 is 0.222 bits per heavy atom. The second-order valence-corrected chi connectivity index (χ2v) is 19.2. The van der Waals surface area contributed by atoms with E-state index in [1.807, 2.05) is 0 Å². The van der Waals surface area contributed by atoms with Gasteiger partial charge in [-0.05, 0) is 164 Å². The van der Waals surface area contributed by atoms with Gasteiger partial charge in [0.25, 0.3) is 0 Å². The molecule has 0 atom stereocenters. The lowest BCUT2D eigenvalue weighted by Gasteiger charge is -2.34. The molecule has 13 aromatic carbocycles. The minimum Gasteiger partial charge on any atom is -0.310 e. The summed E-state index contributed by atoms with van der Waals surface area (Å²) in [6.45, 7) is 0. The van der Waals surface area contributed by atoms with E-state index in [1.54, 1.807) is 0 Å². The van der Waals surface area contributed by atoms with Crippen molar-refractivity contribution in [1.82, 2.24) is 0 Å². The molecule has 0 radical (unpaired) electrons. The summed E-state index contributed by atoms with van der Waals surface area (Å²) in [5, 5.41) is 10.2. The van der Waals surface area contributed by atoms with E-state index in [4.69, 9.17) is 0 Å². The van der Waals surface area contributed by atoms with E-state index in [-0.39, 0.29) is 0 Å². The highest BCUT2D eigenvalue weighted by atomic mass is 15.1. The van der Waals surface area contributed by atoms with E-state index >= 15 is 0 Å². The molecule has 1 aliphatic rings. The van der Waals surface area contributed by atoms with Crippen molar-refractivity contribution in [3.05, 3.63) is 307 Å². The molecule has 0 N–H and O–H groups in total. The van der Waals surface area contributed by atoms with E-state index in [9.17, 15) is 0 Å². The molecule has 72 heavy (non-hydrogen) atoms. The van der Waals surface area contributed by atoms with Gasteiger partial charge in [0.1, 0.15) is 0 Å². The largest absolute Gasteiger partial charge is 0.310 e. The van der Waals surface area contributed by atoms with Crippen LogP contribution in [0.5, 0.6) is 0 Å². The second kappa shape index (κ2) is 17.0. The van der Waals surface area contributed by atoms with Gasteiger partial charge >= 0.3 is 0 Å². The maximum absolute atomic E-state index is 2.45. The zero-order valence-corrected chi connectivity index (χ0v) is 39.6. The molecule has 13 aromatic rings. The van der Waals surface area contributed by atoms with Crippen LogP contribution in [0.4, 0.5) is 17.1 Å². The monoisotopic (exact) mass is 913 g/mol. The molecule has 0 aromatic heterocycles. The third-order valence-corrected chi connectivity index (χ3v) is 15.3. The third-order valence-electron chi connectivity index (χ3n) is 15.3. The van der Waals surface area contributed by atoms with Crippen LogP contribution in [-0.2, 0) is 5.41 Å². The van der Waals surface area contributed by atoms with Crippen LogP contribution in [0.3, 0.4) is 0 Å². The Morgan fingerprint density at radius 3 is 1.33 bits per heavy atom. The quantitative estimate of drug-likeness (QED) is 0.137. The number of hydrogen-bond acceptors (Lipinski definition) is 1. The minimum absolute atomic E-state index is 0.460. The number of nitrogens with zero attached hydrogens (tertiary/aromatic N) is 1. The highest BCUT2D eigenvalue weighted by Gasteiger charge is 2.46. The van der Waals surface area contributed by atoms with Gasteiger partial charge in [-0.25, -0.2) is 0 Å². The van der Waals surface area contributed by atoms with Crippen LogP contribution in [0.1, 0.15) is 22.3 Å². The molecule has 0 heterocycles. The van der Waals surface area contributed by atoms with E-state index in [1.165, 1.54) is 110 Å². The standard InChI is InChI=1S/C71H47N/c1-3-19-56(20-4-1)71(57-21-5-2-6-22-57)69-29-14-13-28-66(69)67-43-37-55(47-70(67)71)50-34-40-59(41-35-50)72(60-23-15-18-52(45-60)53-31-30-48-16-7-8-17-51(48)44-53)58-38-32-49(33-39-58)54-36-42-65-63-26-10-9-24-61(63)62-25-11-12-27-64(62)68(65)46-54/h1-47H. The Kier molecular flexibility index (Phi) is 9.82. The van der Waals surface area contributed by atoms with Crippen LogP contribution < -0.4 is 4.90 Å². The lowest BCUT2D eigenvalue weighted by Crippen LogP contribution is -2.28. The average molecular weight is 914 g/mol. The van der Waals surface area contributed by atoms with E-state index in [0.29, 0.717) is 0 Å². The molecular formula is C71H47N. The van der Waals surface area contributed by atoms with Gasteiger partial charge in [0.2, 0.25) is 0 Å². The molecule has 0 amide bonds. The first-order chi connectivity index (χ1) is 35.7. The summed E-state index contributed by atoms with van der Waals surface area (Å²) in [5.74, 6) is 0. The van der Waals surface area contributed by atoms with Crippen molar-refractivity contribution in [3.8, 4) is 44.5 Å². The fourth-order valence-electron chi connectivity index (χ4n) is 12.0. The molecule has 0 fully saturated rings. The van der Waals surface area contributed by atoms with Crippen LogP contribution >= 0.6 is 0 Å². The maximum atomic E-state index is 2.45. The minimum atomic E-state index is -0.460. The molecule has 0 bridgehead atoms. The molecule has 336 valence electrons. The number of fused-ring (bicyclic) bond motifs is 10. The highest BCUT2D eigenvalue weighted by Crippen LogP contribution is 2.57. The topological polar surface area (TPSA) is 3.24 Å². The fourth-order valence-corrected chi connectivity index (χ4v) is 12.0. The van der Waals surface area contributed by atoms with Gasteiger partial charge in [0.05, 0.1) is 5.41 Å². The van der Waals surface area contributed by atoms with Crippen LogP contribution in [-0.4, -0.2) is 0 Å². The first-order valence-corrected chi connectivity index (χ1v) is 25.0. The normalized spacial score (nSPS) is 12.6. The molecule has 14 rings (SSSR count). The third kappa shape index (κ3) is 6.70. The van der Waals surface area contributed by atoms with Crippen molar-refractivity contribution in [2.75, 3.05) is 4.90 Å². The van der Waals surface area contributed by atoms with Crippen molar-refractivity contribution < 1.29 is 0 Å². The Hall–Kier alpha value is -9.30. The van der Waals surface area contributed by atoms with Crippen molar-refractivity contribution in [2.24, 2.45) is 0 Å². The summed E-state index contributed by atoms with van der Waals surface area (Å²) in [6, 6.07) is 105. The van der Waals surface area contributed by atoms with E-state index in [2.05, 4.69) is 290 Å². The summed E-state index contributed by atoms with van der Waals surface area (Å²) in [4.78, 5) is 2.40. The van der Waals surface area contributed by atoms with Gasteiger partial charge < -0.3 is 4.90 Å². The first kappa shape index (κ1) is 41.7. The van der Waals surface area contributed by atoms with Crippen molar-refractivity contribution in [2.45, 2.75) is 5.41 Å². The van der Waals surface area contributed by atoms with Gasteiger partial charge in [0.15, 0.2) is 0 Å². The SMILES string of the molecule is c1ccc(C2(c3ccccc3)c3ccccc3-c3ccc(-c4ccc(N(c5ccc(-c6ccc7c8ccccc8c8ccccc8c7c6)cc5)c5cccc(-c6ccc7ccccc7c6)c5)cc4)cc32)cc1. The number of rotatable bonds is 8. The van der Waals surface area contributed by atoms with Gasteiger partial charge in [-0.3, -0.25) is 0 Å². The summed E-state index contributed by atoms with van der Waals surface area (Å²) in [6.07, 6.45) is 0. The lowest BCUT2D eigenvalue weighted by molar-refractivity contribution is 0.769. The van der Waals surface area contributed by atoms with E-state index in [0.717, 1.165) is 17.1 Å². The smallest absolute Gasteiger partial charge is 0.0713 e. The van der Waals surface area contributed by atoms with Crippen LogP contribution in [0.15, 0.2) is 285 Å². The van der Waals surface area contributed by atoms with Gasteiger partial charge in [-0.2, -0.15) is 0 Å². The van der Waals surface area contributed by atoms with Gasteiger partial charge in [-0.1, -0.05) is 231 Å². The molecule has 0 unspecified atom stereocenters. The molecule has 0 saturated heterocycles. The fraction of sp³-hybridized carbons (Fsp3) is 0.0141. The molecule has 0 saturated carbocycles. The number of benzene rings is 13. The number of hydrogen-bond donors (Lipinski definition) is 0. The Labute approximate surface area is 420 Å². The molecular weight excluding hydrogens is 867 g/mol. The molecule has 1 nitrogen and oxygen atoms in total. The predicted molar refractivity (Wildman–Crippen MR) is 305 cm³/mol. The number of anilines is 3. The highest BCUT2D eigenvalue weighted by molar-refractivity contribution is 6.25. The summed E-state index contributed by atoms with van der Waals surface area (Å²) in [5.41, 5.74) is 17.6. The Morgan fingerprint density at radius 2 is 0.681 bits per heavy atom. The summed E-state index contributed by atoms with van der Waals surface area (Å²) < 4.78 is 0. The maximum Gasteiger partial charge on any atom is 0.0713 e. The molecule has 0 aliphatic heterocycles. The summed E-state index contributed by atoms with van der Waals surface area (Å²) in [7, 11) is 0. The van der Waals surface area contributed by atoms with Crippen molar-refractivity contribution >= 4 is 60.2 Å². The summed E-state index contributed by atoms with van der Waals surface area (Å²) >= 11 is 0. The van der Waals surface area contributed by atoms with Crippen LogP contribution in [0.25, 0.3) is 87.6 Å². The Bertz CT molecular complexity index is 4120. The second-order valence-electron chi connectivity index (χ2n) is 19.2. The van der Waals surface area contributed by atoms with Crippen molar-refractivity contribution in [1.29, 1.82) is 0 Å². The van der Waals surface area contributed by atoms with Crippen molar-refractivity contribution in [3.63, 3.8) is 0 Å². The molecule has 0 spiro atoms. The zero-order chi connectivity index (χ0) is 47.6. The van der Waals surface area contributed by atoms with Crippen LogP contribution in [0, 0.1) is 0 Å². The zero-order valence-electron chi connectivity index (χ0n) is 39.6. The Balaban J connectivity index is 0.878. The van der Waals surface area contributed by atoms with Gasteiger partial charge in [-0.15, -0.1) is 0 Å². The lowest BCUT2D eigenvalue weighted by atomic mass is 9.67. The molecule has 1 heteroatoms. The van der Waals surface area contributed by atoms with Crippen LogP contribution in [0.2, 0.25) is 0 Å². The molecule has 1 aliphatic carbocycles. The first-order valence-electron chi connectivity index (χ1n) is 25.0. The average Bonchev–Trinajstić information content (AvgIpc) is 3.76. The van der Waals surface area contributed by atoms with Gasteiger partial charge in [0, 0.05) is 17.1 Å². The predicted octanol–water partition coefficient (Wildman–Crippen LogP) is 19.1.